The molecule has 2 aromatic carbocycles. The molecule has 0 aliphatic carbocycles. The maximum absolute atomic E-state index is 14.0. The SMILES string of the molecule is CC[C@@H](C)CN(CC(O)C(Cc1ccccc1)NC(=O)C1CN(c2ccc(C(F)(F)F)cn2)C(=O)O1)S(=O)(=O)c1ccc2ncsc2c1. The molecule has 0 spiro atoms. The number of aliphatic hydroxyl groups excluding tert-OH is 1. The zero-order chi connectivity index (χ0) is 34.6. The van der Waals surface area contributed by atoms with Crippen LogP contribution in [0.4, 0.5) is 23.8 Å². The number of ether oxygens (including phenoxy) is 1. The first-order valence-electron chi connectivity index (χ1n) is 15.1. The first-order chi connectivity index (χ1) is 22.8. The van der Waals surface area contributed by atoms with Crippen LogP contribution in [0.15, 0.2) is 77.3 Å². The van der Waals surface area contributed by atoms with Crippen LogP contribution in [0.3, 0.4) is 0 Å². The first-order valence-corrected chi connectivity index (χ1v) is 17.5. The van der Waals surface area contributed by atoms with E-state index >= 15 is 0 Å². The number of pyridine rings is 1. The van der Waals surface area contributed by atoms with E-state index in [1.54, 1.807) is 48.0 Å². The van der Waals surface area contributed by atoms with Crippen molar-refractivity contribution in [3.05, 3.63) is 83.5 Å². The minimum Gasteiger partial charge on any atom is -0.434 e. The number of halogens is 3. The number of aliphatic hydroxyl groups is 1. The van der Waals surface area contributed by atoms with E-state index in [0.717, 1.165) is 22.6 Å². The van der Waals surface area contributed by atoms with Crippen LogP contribution in [-0.2, 0) is 32.2 Å². The number of nitrogens with zero attached hydrogens (tertiary/aromatic N) is 4. The lowest BCUT2D eigenvalue weighted by atomic mass is 10.0. The van der Waals surface area contributed by atoms with E-state index in [1.807, 2.05) is 13.8 Å². The Kier molecular flexibility index (Phi) is 10.7. The van der Waals surface area contributed by atoms with Gasteiger partial charge in [-0.1, -0.05) is 50.6 Å². The Morgan fingerprint density at radius 1 is 1.15 bits per heavy atom. The van der Waals surface area contributed by atoms with Crippen molar-refractivity contribution in [2.45, 2.75) is 56.0 Å². The van der Waals surface area contributed by atoms with Gasteiger partial charge in [0, 0.05) is 19.3 Å². The van der Waals surface area contributed by atoms with Gasteiger partial charge < -0.3 is 15.2 Å². The lowest BCUT2D eigenvalue weighted by Crippen LogP contribution is -2.53. The zero-order valence-corrected chi connectivity index (χ0v) is 27.6. The highest BCUT2D eigenvalue weighted by molar-refractivity contribution is 7.89. The number of fused-ring (bicyclic) bond motifs is 1. The number of amides is 2. The molecule has 0 saturated carbocycles. The highest BCUT2D eigenvalue weighted by Crippen LogP contribution is 2.30. The van der Waals surface area contributed by atoms with Crippen LogP contribution in [0, 0.1) is 5.92 Å². The van der Waals surface area contributed by atoms with Gasteiger partial charge in [-0.25, -0.2) is 23.2 Å². The number of thiazole rings is 1. The third-order valence-corrected chi connectivity index (χ3v) is 10.7. The van der Waals surface area contributed by atoms with Gasteiger partial charge >= 0.3 is 12.3 Å². The van der Waals surface area contributed by atoms with Crippen LogP contribution in [-0.4, -0.2) is 77.7 Å². The molecule has 5 rings (SSSR count). The fourth-order valence-electron chi connectivity index (χ4n) is 5.16. The van der Waals surface area contributed by atoms with E-state index in [9.17, 15) is 36.3 Å². The van der Waals surface area contributed by atoms with Crippen LogP contribution in [0.25, 0.3) is 10.2 Å². The standard InChI is InChI=1S/C32H34F3N5O6S2/c1-3-20(2)16-39(48(44,45)23-10-11-24-28(14-23)47-19-37-24)17-26(41)25(13-21-7-5-4-6-8-21)38-30(42)27-18-40(31(43)46-27)29-12-9-22(15-36-29)32(33,34)35/h4-12,14-15,19-20,25-27,41H,3,13,16-18H2,1-2H3,(H,38,42)/t20-,25?,26?,27?/m1/s1. The number of nitrogens with one attached hydrogen (secondary N) is 1. The van der Waals surface area contributed by atoms with Crippen molar-refractivity contribution in [2.24, 2.45) is 5.92 Å². The van der Waals surface area contributed by atoms with Crippen molar-refractivity contribution >= 4 is 49.4 Å². The molecular weight excluding hydrogens is 672 g/mol. The minimum atomic E-state index is -4.62. The molecule has 4 aromatic rings. The van der Waals surface area contributed by atoms with Crippen molar-refractivity contribution < 1.29 is 41.0 Å². The lowest BCUT2D eigenvalue weighted by Gasteiger charge is -2.31. The van der Waals surface area contributed by atoms with Gasteiger partial charge in [0.25, 0.3) is 5.91 Å². The largest absolute Gasteiger partial charge is 0.434 e. The maximum Gasteiger partial charge on any atom is 0.417 e. The van der Waals surface area contributed by atoms with Crippen LogP contribution in [0.1, 0.15) is 31.4 Å². The molecular formula is C32H34F3N5O6S2. The van der Waals surface area contributed by atoms with E-state index < -0.39 is 52.0 Å². The second-order valence-corrected chi connectivity index (χ2v) is 14.4. The second-order valence-electron chi connectivity index (χ2n) is 11.6. The molecule has 11 nitrogen and oxygen atoms in total. The third-order valence-electron chi connectivity index (χ3n) is 8.09. The fraction of sp³-hybridized carbons (Fsp3) is 0.375. The molecule has 1 saturated heterocycles. The average molecular weight is 706 g/mol. The highest BCUT2D eigenvalue weighted by atomic mass is 32.2. The summed E-state index contributed by atoms with van der Waals surface area (Å²) < 4.78 is 74.0. The van der Waals surface area contributed by atoms with Gasteiger partial charge in [-0.05, 0) is 48.2 Å². The molecule has 3 heterocycles. The van der Waals surface area contributed by atoms with E-state index in [-0.39, 0.29) is 42.7 Å². The van der Waals surface area contributed by atoms with Gasteiger partial charge in [0.2, 0.25) is 10.0 Å². The summed E-state index contributed by atoms with van der Waals surface area (Å²) in [5.74, 6) is -0.958. The molecule has 3 unspecified atom stereocenters. The predicted molar refractivity (Wildman–Crippen MR) is 173 cm³/mol. The van der Waals surface area contributed by atoms with E-state index in [2.05, 4.69) is 15.3 Å². The summed E-state index contributed by atoms with van der Waals surface area (Å²) in [6.45, 7) is 3.25. The summed E-state index contributed by atoms with van der Waals surface area (Å²) in [6, 6.07) is 14.3. The van der Waals surface area contributed by atoms with Gasteiger partial charge in [-0.3, -0.25) is 9.69 Å². The molecule has 2 N–H and O–H groups in total. The van der Waals surface area contributed by atoms with E-state index in [0.29, 0.717) is 22.8 Å². The van der Waals surface area contributed by atoms with Gasteiger partial charge in [0.15, 0.2) is 6.10 Å². The Morgan fingerprint density at radius 2 is 1.90 bits per heavy atom. The number of carbonyl (C=O) groups is 2. The predicted octanol–water partition coefficient (Wildman–Crippen LogP) is 4.86. The molecule has 2 aromatic heterocycles. The van der Waals surface area contributed by atoms with Crippen molar-refractivity contribution in [3.8, 4) is 0 Å². The second kappa shape index (κ2) is 14.6. The summed E-state index contributed by atoms with van der Waals surface area (Å²) in [7, 11) is -4.09. The number of carbonyl (C=O) groups excluding carboxylic acids is 2. The topological polar surface area (TPSA) is 142 Å². The Bertz CT molecular complexity index is 1840. The smallest absolute Gasteiger partial charge is 0.417 e. The van der Waals surface area contributed by atoms with Crippen molar-refractivity contribution in [1.82, 2.24) is 19.6 Å². The van der Waals surface area contributed by atoms with Crippen molar-refractivity contribution in [1.29, 1.82) is 0 Å². The molecule has 0 radical (unpaired) electrons. The number of hydrogen-bond acceptors (Lipinski definition) is 9. The van der Waals surface area contributed by atoms with Crippen LogP contribution in [0.2, 0.25) is 0 Å². The van der Waals surface area contributed by atoms with Gasteiger partial charge in [-0.15, -0.1) is 11.3 Å². The molecule has 1 fully saturated rings. The van der Waals surface area contributed by atoms with Crippen molar-refractivity contribution in [3.63, 3.8) is 0 Å². The molecule has 16 heteroatoms. The van der Waals surface area contributed by atoms with Crippen LogP contribution < -0.4 is 10.2 Å². The van der Waals surface area contributed by atoms with Crippen molar-refractivity contribution in [2.75, 3.05) is 24.5 Å². The summed E-state index contributed by atoms with van der Waals surface area (Å²) in [5.41, 5.74) is 2.03. The van der Waals surface area contributed by atoms with E-state index in [4.69, 9.17) is 4.74 Å². The van der Waals surface area contributed by atoms with Gasteiger partial charge in [-0.2, -0.15) is 17.5 Å². The number of benzene rings is 2. The number of hydrogen-bond donors (Lipinski definition) is 2. The number of alkyl halides is 3. The molecule has 4 atom stereocenters. The summed E-state index contributed by atoms with van der Waals surface area (Å²) in [5, 5.41) is 14.3. The monoisotopic (exact) mass is 705 g/mol. The lowest BCUT2D eigenvalue weighted by molar-refractivity contribution is -0.137. The average Bonchev–Trinajstić information content (AvgIpc) is 3.70. The number of sulfonamides is 1. The molecule has 256 valence electrons. The summed E-state index contributed by atoms with van der Waals surface area (Å²) in [6.07, 6.45) is -7.00. The Morgan fingerprint density at radius 3 is 2.56 bits per heavy atom. The van der Waals surface area contributed by atoms with Crippen LogP contribution in [0.5, 0.6) is 0 Å². The zero-order valence-electron chi connectivity index (χ0n) is 26.0. The fourth-order valence-corrected chi connectivity index (χ4v) is 7.55. The van der Waals surface area contributed by atoms with Gasteiger partial charge in [0.05, 0.1) is 44.9 Å². The quantitative estimate of drug-likeness (QED) is 0.201. The van der Waals surface area contributed by atoms with Crippen LogP contribution >= 0.6 is 11.3 Å². The normalized spacial score (nSPS) is 17.4. The maximum atomic E-state index is 14.0. The Hall–Kier alpha value is -4.12. The minimum absolute atomic E-state index is 0.0493. The molecule has 1 aliphatic heterocycles. The van der Waals surface area contributed by atoms with Gasteiger partial charge in [0.1, 0.15) is 5.82 Å². The van der Waals surface area contributed by atoms with E-state index in [1.165, 1.54) is 21.7 Å². The number of rotatable bonds is 13. The number of cyclic esters (lactones) is 1. The molecule has 48 heavy (non-hydrogen) atoms. The third kappa shape index (κ3) is 8.11. The highest BCUT2D eigenvalue weighted by Gasteiger charge is 2.40. The summed E-state index contributed by atoms with van der Waals surface area (Å²) in [4.78, 5) is 35.0. The molecule has 2 amide bonds. The Balaban J connectivity index is 1.36. The summed E-state index contributed by atoms with van der Waals surface area (Å²) >= 11 is 1.31. The number of aromatic nitrogens is 2. The Labute approximate surface area is 279 Å². The number of anilines is 1. The molecule has 1 aliphatic rings. The first kappa shape index (κ1) is 35.2. The molecule has 0 bridgehead atoms.